The van der Waals surface area contributed by atoms with E-state index in [-0.39, 0.29) is 5.91 Å². The van der Waals surface area contributed by atoms with Crippen LogP contribution in [0.1, 0.15) is 20.3 Å². The fourth-order valence-corrected chi connectivity index (χ4v) is 1.27. The van der Waals surface area contributed by atoms with E-state index in [0.717, 1.165) is 6.42 Å². The number of hydrogen-bond donors (Lipinski definition) is 2. The number of aliphatic carboxylic acids is 1. The summed E-state index contributed by atoms with van der Waals surface area (Å²) in [5, 5.41) is 11.6. The molecule has 0 spiro atoms. The molecule has 0 aromatic carbocycles. The second-order valence-corrected chi connectivity index (χ2v) is 3.99. The molecule has 0 bridgehead atoms. The highest BCUT2D eigenvalue weighted by atomic mass is 16.5. The summed E-state index contributed by atoms with van der Waals surface area (Å²) in [6.07, 6.45) is 0.743. The van der Waals surface area contributed by atoms with Gasteiger partial charge in [0.15, 0.2) is 0 Å². The van der Waals surface area contributed by atoms with Gasteiger partial charge < -0.3 is 15.2 Å². The smallest absolute Gasteiger partial charge is 0.320 e. The molecule has 0 fully saturated rings. The largest absolute Gasteiger partial charge is 0.480 e. The Morgan fingerprint density at radius 1 is 1.35 bits per heavy atom. The van der Waals surface area contributed by atoms with Crippen LogP contribution in [0.4, 0.5) is 0 Å². The van der Waals surface area contributed by atoms with Crippen molar-refractivity contribution < 1.29 is 19.4 Å². The van der Waals surface area contributed by atoms with E-state index in [9.17, 15) is 9.59 Å². The van der Waals surface area contributed by atoms with Crippen LogP contribution in [-0.2, 0) is 14.3 Å². The topological polar surface area (TPSA) is 78.9 Å². The van der Waals surface area contributed by atoms with Gasteiger partial charge in [0.2, 0.25) is 5.91 Å². The van der Waals surface area contributed by atoms with Gasteiger partial charge in [-0.3, -0.25) is 14.5 Å². The Hall–Kier alpha value is -1.14. The first kappa shape index (κ1) is 15.9. The van der Waals surface area contributed by atoms with Crippen molar-refractivity contribution in [2.45, 2.75) is 32.4 Å². The van der Waals surface area contributed by atoms with E-state index in [0.29, 0.717) is 13.2 Å². The van der Waals surface area contributed by atoms with Crippen LogP contribution in [0, 0.1) is 0 Å². The number of methoxy groups -OCH3 is 1. The predicted molar refractivity (Wildman–Crippen MR) is 63.8 cm³/mol. The quantitative estimate of drug-likeness (QED) is 0.586. The van der Waals surface area contributed by atoms with Crippen LogP contribution >= 0.6 is 0 Å². The Balaban J connectivity index is 4.07. The number of carboxylic acids is 1. The summed E-state index contributed by atoms with van der Waals surface area (Å²) in [5.74, 6) is -1.11. The summed E-state index contributed by atoms with van der Waals surface area (Å²) in [6, 6.07) is -1.15. The molecule has 100 valence electrons. The standard InChI is InChI=1S/C11H22N2O4/c1-8(13(3)9(2)11(15)16)10(14)12-6-5-7-17-4/h8-9H,5-7H2,1-4H3,(H,12,14)(H,15,16). The summed E-state index contributed by atoms with van der Waals surface area (Å²) in [5.41, 5.74) is 0. The van der Waals surface area contributed by atoms with Crippen molar-refractivity contribution in [3.63, 3.8) is 0 Å². The number of amides is 1. The van der Waals surface area contributed by atoms with E-state index < -0.39 is 18.1 Å². The molecule has 2 N–H and O–H groups in total. The number of nitrogens with zero attached hydrogens (tertiary/aromatic N) is 1. The molecule has 0 radical (unpaired) electrons. The summed E-state index contributed by atoms with van der Waals surface area (Å²) < 4.78 is 4.86. The predicted octanol–water partition coefficient (Wildman–Crippen LogP) is -0.0675. The molecule has 0 aliphatic carbocycles. The summed E-state index contributed by atoms with van der Waals surface area (Å²) in [6.45, 7) is 4.37. The summed E-state index contributed by atoms with van der Waals surface area (Å²) in [7, 11) is 3.23. The van der Waals surface area contributed by atoms with Crippen LogP contribution in [0.2, 0.25) is 0 Å². The normalized spacial score (nSPS) is 14.4. The molecule has 0 aliphatic rings. The third-order valence-corrected chi connectivity index (χ3v) is 2.78. The van der Waals surface area contributed by atoms with Gasteiger partial charge in [-0.05, 0) is 27.3 Å². The highest BCUT2D eigenvalue weighted by molar-refractivity contribution is 5.82. The number of carboxylic acid groups (broad SMARTS) is 1. The Labute approximate surface area is 102 Å². The molecule has 6 nitrogen and oxygen atoms in total. The van der Waals surface area contributed by atoms with Gasteiger partial charge in [-0.1, -0.05) is 0 Å². The lowest BCUT2D eigenvalue weighted by atomic mass is 10.2. The summed E-state index contributed by atoms with van der Waals surface area (Å²) >= 11 is 0. The van der Waals surface area contributed by atoms with Crippen LogP contribution in [0.25, 0.3) is 0 Å². The molecule has 2 atom stereocenters. The highest BCUT2D eigenvalue weighted by Crippen LogP contribution is 2.02. The van der Waals surface area contributed by atoms with Crippen LogP contribution in [0.3, 0.4) is 0 Å². The summed E-state index contributed by atoms with van der Waals surface area (Å²) in [4.78, 5) is 24.0. The van der Waals surface area contributed by atoms with Gasteiger partial charge in [0.1, 0.15) is 6.04 Å². The van der Waals surface area contributed by atoms with E-state index >= 15 is 0 Å². The third kappa shape index (κ3) is 5.65. The van der Waals surface area contributed by atoms with Crippen molar-refractivity contribution in [2.24, 2.45) is 0 Å². The minimum atomic E-state index is -0.938. The third-order valence-electron chi connectivity index (χ3n) is 2.78. The average molecular weight is 246 g/mol. The van der Waals surface area contributed by atoms with Crippen LogP contribution in [-0.4, -0.2) is 61.3 Å². The van der Waals surface area contributed by atoms with Crippen LogP contribution in [0.15, 0.2) is 0 Å². The molecule has 0 rings (SSSR count). The zero-order chi connectivity index (χ0) is 13.4. The van der Waals surface area contributed by atoms with E-state index in [1.807, 2.05) is 0 Å². The van der Waals surface area contributed by atoms with Crippen molar-refractivity contribution >= 4 is 11.9 Å². The molecule has 0 saturated carbocycles. The van der Waals surface area contributed by atoms with E-state index in [1.54, 1.807) is 28.0 Å². The molecule has 6 heteroatoms. The van der Waals surface area contributed by atoms with Crippen molar-refractivity contribution in [2.75, 3.05) is 27.3 Å². The molecule has 0 saturated heterocycles. The minimum absolute atomic E-state index is 0.170. The maximum Gasteiger partial charge on any atom is 0.320 e. The number of hydrogen-bond acceptors (Lipinski definition) is 4. The van der Waals surface area contributed by atoms with Crippen LogP contribution < -0.4 is 5.32 Å². The highest BCUT2D eigenvalue weighted by Gasteiger charge is 2.25. The Bertz CT molecular complexity index is 258. The lowest BCUT2D eigenvalue weighted by molar-refractivity contribution is -0.143. The fourth-order valence-electron chi connectivity index (χ4n) is 1.27. The number of nitrogens with one attached hydrogen (secondary N) is 1. The zero-order valence-corrected chi connectivity index (χ0v) is 10.9. The van der Waals surface area contributed by atoms with Crippen molar-refractivity contribution in [1.29, 1.82) is 0 Å². The molecular weight excluding hydrogens is 224 g/mol. The van der Waals surface area contributed by atoms with Gasteiger partial charge in [0.05, 0.1) is 6.04 Å². The van der Waals surface area contributed by atoms with Gasteiger partial charge in [-0.15, -0.1) is 0 Å². The number of carbonyl (C=O) groups excluding carboxylic acids is 1. The van der Waals surface area contributed by atoms with Gasteiger partial charge in [-0.25, -0.2) is 0 Å². The number of likely N-dealkylation sites (N-methyl/N-ethyl adjacent to an activating group) is 1. The molecule has 0 aromatic rings. The molecule has 0 heterocycles. The number of rotatable bonds is 8. The van der Waals surface area contributed by atoms with Gasteiger partial charge >= 0.3 is 5.97 Å². The molecule has 0 aliphatic heterocycles. The first-order chi connectivity index (χ1) is 7.91. The molecule has 17 heavy (non-hydrogen) atoms. The zero-order valence-electron chi connectivity index (χ0n) is 10.9. The molecular formula is C11H22N2O4. The van der Waals surface area contributed by atoms with E-state index in [4.69, 9.17) is 9.84 Å². The Kier molecular flexibility index (Phi) is 7.49. The van der Waals surface area contributed by atoms with Crippen molar-refractivity contribution in [1.82, 2.24) is 10.2 Å². The lowest BCUT2D eigenvalue weighted by Crippen LogP contribution is -2.49. The molecule has 2 unspecified atom stereocenters. The SMILES string of the molecule is COCCCNC(=O)C(C)N(C)C(C)C(=O)O. The average Bonchev–Trinajstić information content (AvgIpc) is 2.31. The second-order valence-electron chi connectivity index (χ2n) is 3.99. The fraction of sp³-hybridized carbons (Fsp3) is 0.818. The van der Waals surface area contributed by atoms with Crippen molar-refractivity contribution in [3.05, 3.63) is 0 Å². The number of carbonyl (C=O) groups is 2. The molecule has 1 amide bonds. The number of ether oxygens (including phenoxy) is 1. The maximum atomic E-state index is 11.7. The first-order valence-corrected chi connectivity index (χ1v) is 5.63. The molecule has 0 aromatic heterocycles. The van der Waals surface area contributed by atoms with E-state index in [2.05, 4.69) is 5.32 Å². The van der Waals surface area contributed by atoms with Crippen LogP contribution in [0.5, 0.6) is 0 Å². The van der Waals surface area contributed by atoms with Gasteiger partial charge in [0, 0.05) is 20.3 Å². The maximum absolute atomic E-state index is 11.7. The monoisotopic (exact) mass is 246 g/mol. The van der Waals surface area contributed by atoms with Gasteiger partial charge in [0.25, 0.3) is 0 Å². The Morgan fingerprint density at radius 3 is 2.41 bits per heavy atom. The minimum Gasteiger partial charge on any atom is -0.480 e. The lowest BCUT2D eigenvalue weighted by Gasteiger charge is -2.27. The van der Waals surface area contributed by atoms with Crippen molar-refractivity contribution in [3.8, 4) is 0 Å². The first-order valence-electron chi connectivity index (χ1n) is 5.63. The van der Waals surface area contributed by atoms with Gasteiger partial charge in [-0.2, -0.15) is 0 Å². The Morgan fingerprint density at radius 2 is 1.94 bits per heavy atom. The second kappa shape index (κ2) is 8.03. The van der Waals surface area contributed by atoms with E-state index in [1.165, 1.54) is 4.90 Å².